The summed E-state index contributed by atoms with van der Waals surface area (Å²) in [6, 6.07) is 8.37. The molecule has 1 saturated carbocycles. The number of fused-ring (bicyclic) bond motifs is 1. The first-order valence-corrected chi connectivity index (χ1v) is 7.73. The molecule has 0 saturated heterocycles. The molecule has 112 valence electrons. The minimum Gasteiger partial charge on any atom is -0.481 e. The Hall–Kier alpha value is -1.84. The first-order valence-electron chi connectivity index (χ1n) is 7.73. The van der Waals surface area contributed by atoms with Crippen molar-refractivity contribution in [2.75, 3.05) is 13.1 Å². The van der Waals surface area contributed by atoms with Crippen molar-refractivity contribution in [1.29, 1.82) is 0 Å². The molecule has 1 fully saturated rings. The summed E-state index contributed by atoms with van der Waals surface area (Å²) in [6.45, 7) is 1.51. The van der Waals surface area contributed by atoms with E-state index >= 15 is 0 Å². The summed E-state index contributed by atoms with van der Waals surface area (Å²) >= 11 is 0. The summed E-state index contributed by atoms with van der Waals surface area (Å²) in [5, 5.41) is 9.06. The quantitative estimate of drug-likeness (QED) is 0.906. The van der Waals surface area contributed by atoms with Gasteiger partial charge in [0.05, 0.1) is 5.92 Å². The van der Waals surface area contributed by atoms with Crippen LogP contribution in [0.5, 0.6) is 0 Å². The van der Waals surface area contributed by atoms with E-state index in [4.69, 9.17) is 5.11 Å². The molecule has 0 unspecified atom stereocenters. The lowest BCUT2D eigenvalue weighted by Crippen LogP contribution is -2.37. The Labute approximate surface area is 124 Å². The lowest BCUT2D eigenvalue weighted by molar-refractivity contribution is -0.141. The molecular formula is C17H21NO3. The van der Waals surface area contributed by atoms with Crippen LogP contribution in [0.2, 0.25) is 0 Å². The van der Waals surface area contributed by atoms with Gasteiger partial charge in [-0.25, -0.2) is 0 Å². The standard InChI is InChI=1S/C17H21NO3/c19-16(14-5-6-15(11-14)17(20)21)18-9-7-12-3-1-2-4-13(12)8-10-18/h1-4,14-15H,5-11H2,(H,20,21)/t14-,15+/m1/s1. The van der Waals surface area contributed by atoms with Gasteiger partial charge in [0, 0.05) is 19.0 Å². The maximum absolute atomic E-state index is 12.6. The van der Waals surface area contributed by atoms with Crippen LogP contribution in [-0.2, 0) is 22.4 Å². The van der Waals surface area contributed by atoms with Crippen LogP contribution in [0.1, 0.15) is 30.4 Å². The number of nitrogens with zero attached hydrogens (tertiary/aromatic N) is 1. The monoisotopic (exact) mass is 287 g/mol. The number of rotatable bonds is 2. The molecule has 0 radical (unpaired) electrons. The van der Waals surface area contributed by atoms with Crippen LogP contribution < -0.4 is 0 Å². The Balaban J connectivity index is 1.64. The third-order valence-electron chi connectivity index (χ3n) is 4.86. The predicted octanol–water partition coefficient (Wildman–Crippen LogP) is 2.11. The highest BCUT2D eigenvalue weighted by molar-refractivity contribution is 5.81. The number of hydrogen-bond acceptors (Lipinski definition) is 2. The van der Waals surface area contributed by atoms with Crippen molar-refractivity contribution in [3.8, 4) is 0 Å². The van der Waals surface area contributed by atoms with Crippen molar-refractivity contribution >= 4 is 11.9 Å². The molecule has 1 aromatic rings. The molecule has 1 amide bonds. The Morgan fingerprint density at radius 3 is 2.10 bits per heavy atom. The summed E-state index contributed by atoms with van der Waals surface area (Å²) in [6.07, 6.45) is 3.67. The van der Waals surface area contributed by atoms with Crippen LogP contribution >= 0.6 is 0 Å². The predicted molar refractivity (Wildman–Crippen MR) is 78.9 cm³/mol. The van der Waals surface area contributed by atoms with Gasteiger partial charge < -0.3 is 10.0 Å². The average Bonchev–Trinajstić information content (AvgIpc) is 2.88. The Morgan fingerprint density at radius 2 is 1.57 bits per heavy atom. The number of hydrogen-bond donors (Lipinski definition) is 1. The zero-order valence-corrected chi connectivity index (χ0v) is 12.1. The summed E-state index contributed by atoms with van der Waals surface area (Å²) < 4.78 is 0. The van der Waals surface area contributed by atoms with Gasteiger partial charge in [0.25, 0.3) is 0 Å². The molecule has 1 heterocycles. The molecule has 2 aliphatic rings. The van der Waals surface area contributed by atoms with Crippen molar-refractivity contribution in [1.82, 2.24) is 4.90 Å². The average molecular weight is 287 g/mol. The highest BCUT2D eigenvalue weighted by Crippen LogP contribution is 2.32. The highest BCUT2D eigenvalue weighted by Gasteiger charge is 2.36. The Morgan fingerprint density at radius 1 is 1.00 bits per heavy atom. The minimum atomic E-state index is -0.756. The third kappa shape index (κ3) is 2.94. The maximum Gasteiger partial charge on any atom is 0.306 e. The lowest BCUT2D eigenvalue weighted by Gasteiger charge is -2.23. The maximum atomic E-state index is 12.6. The molecule has 4 heteroatoms. The molecule has 1 aliphatic heterocycles. The van der Waals surface area contributed by atoms with Crippen LogP contribution in [0.4, 0.5) is 0 Å². The number of carboxylic acids is 1. The first-order chi connectivity index (χ1) is 10.1. The van der Waals surface area contributed by atoms with Gasteiger partial charge in [-0.15, -0.1) is 0 Å². The van der Waals surface area contributed by atoms with Gasteiger partial charge in [0.15, 0.2) is 0 Å². The van der Waals surface area contributed by atoms with E-state index in [0.29, 0.717) is 12.8 Å². The van der Waals surface area contributed by atoms with E-state index in [2.05, 4.69) is 12.1 Å². The number of amides is 1. The van der Waals surface area contributed by atoms with Gasteiger partial charge >= 0.3 is 5.97 Å². The fourth-order valence-corrected chi connectivity index (χ4v) is 3.58. The molecule has 1 aliphatic carbocycles. The first kappa shape index (κ1) is 14.1. The molecular weight excluding hydrogens is 266 g/mol. The van der Waals surface area contributed by atoms with Gasteiger partial charge in [-0.3, -0.25) is 9.59 Å². The summed E-state index contributed by atoms with van der Waals surface area (Å²) in [5.74, 6) is -1.02. The van der Waals surface area contributed by atoms with E-state index in [1.165, 1.54) is 11.1 Å². The fraction of sp³-hybridized carbons (Fsp3) is 0.529. The van der Waals surface area contributed by atoms with Crippen molar-refractivity contribution in [3.05, 3.63) is 35.4 Å². The Bertz CT molecular complexity index is 528. The Kier molecular flexibility index (Phi) is 3.95. The van der Waals surface area contributed by atoms with E-state index in [1.54, 1.807) is 0 Å². The minimum absolute atomic E-state index is 0.0905. The van der Waals surface area contributed by atoms with Crippen LogP contribution in [0, 0.1) is 11.8 Å². The lowest BCUT2D eigenvalue weighted by atomic mass is 10.0. The largest absolute Gasteiger partial charge is 0.481 e. The van der Waals surface area contributed by atoms with E-state index in [1.807, 2.05) is 17.0 Å². The van der Waals surface area contributed by atoms with Gasteiger partial charge in [0.2, 0.25) is 5.91 Å². The van der Waals surface area contributed by atoms with E-state index in [9.17, 15) is 9.59 Å². The third-order valence-corrected chi connectivity index (χ3v) is 4.86. The fourth-order valence-electron chi connectivity index (χ4n) is 3.58. The molecule has 0 aromatic heterocycles. The normalized spacial score (nSPS) is 25.2. The van der Waals surface area contributed by atoms with Crippen LogP contribution in [0.25, 0.3) is 0 Å². The zero-order chi connectivity index (χ0) is 14.8. The highest BCUT2D eigenvalue weighted by atomic mass is 16.4. The van der Waals surface area contributed by atoms with E-state index < -0.39 is 5.97 Å². The number of carbonyl (C=O) groups is 2. The summed E-state index contributed by atoms with van der Waals surface area (Å²) in [5.41, 5.74) is 2.67. The molecule has 1 N–H and O–H groups in total. The number of benzene rings is 1. The summed E-state index contributed by atoms with van der Waals surface area (Å²) in [4.78, 5) is 25.6. The SMILES string of the molecule is O=C(O)[C@H]1CC[C@@H](C(=O)N2CCc3ccccc3CC2)C1. The van der Waals surface area contributed by atoms with Gasteiger partial charge in [0.1, 0.15) is 0 Å². The number of carbonyl (C=O) groups excluding carboxylic acids is 1. The summed E-state index contributed by atoms with van der Waals surface area (Å²) in [7, 11) is 0. The second-order valence-electron chi connectivity index (χ2n) is 6.14. The van der Waals surface area contributed by atoms with Crippen molar-refractivity contribution < 1.29 is 14.7 Å². The molecule has 4 nitrogen and oxygen atoms in total. The smallest absolute Gasteiger partial charge is 0.306 e. The molecule has 2 atom stereocenters. The second kappa shape index (κ2) is 5.88. The van der Waals surface area contributed by atoms with Crippen molar-refractivity contribution in [3.63, 3.8) is 0 Å². The number of carboxylic acid groups (broad SMARTS) is 1. The number of aliphatic carboxylic acids is 1. The zero-order valence-electron chi connectivity index (χ0n) is 12.1. The molecule has 21 heavy (non-hydrogen) atoms. The second-order valence-corrected chi connectivity index (χ2v) is 6.14. The van der Waals surface area contributed by atoms with E-state index in [0.717, 1.165) is 32.4 Å². The van der Waals surface area contributed by atoms with Gasteiger partial charge in [-0.2, -0.15) is 0 Å². The molecule has 1 aromatic carbocycles. The topological polar surface area (TPSA) is 57.6 Å². The molecule has 0 spiro atoms. The van der Waals surface area contributed by atoms with Crippen LogP contribution in [0.3, 0.4) is 0 Å². The van der Waals surface area contributed by atoms with Crippen LogP contribution in [0.15, 0.2) is 24.3 Å². The van der Waals surface area contributed by atoms with Crippen molar-refractivity contribution in [2.24, 2.45) is 11.8 Å². The van der Waals surface area contributed by atoms with Crippen LogP contribution in [-0.4, -0.2) is 35.0 Å². The van der Waals surface area contributed by atoms with Gasteiger partial charge in [-0.05, 0) is 43.2 Å². The van der Waals surface area contributed by atoms with Gasteiger partial charge in [-0.1, -0.05) is 24.3 Å². The molecule has 0 bridgehead atoms. The molecule has 3 rings (SSSR count). The van der Waals surface area contributed by atoms with E-state index in [-0.39, 0.29) is 17.7 Å². The van der Waals surface area contributed by atoms with Crippen molar-refractivity contribution in [2.45, 2.75) is 32.1 Å².